The van der Waals surface area contributed by atoms with Crippen LogP contribution >= 0.6 is 11.8 Å². The molecule has 0 heterocycles. The zero-order chi connectivity index (χ0) is 19.6. The van der Waals surface area contributed by atoms with Crippen molar-refractivity contribution in [3.63, 3.8) is 0 Å². The molecule has 0 saturated carbocycles. The Kier molecular flexibility index (Phi) is 8.57. The third-order valence-electron chi connectivity index (χ3n) is 2.84. The zero-order valence-electron chi connectivity index (χ0n) is 13.7. The Balaban J connectivity index is 2.59. The van der Waals surface area contributed by atoms with Crippen molar-refractivity contribution in [2.45, 2.75) is 18.8 Å². The highest BCUT2D eigenvalue weighted by Gasteiger charge is 2.31. The van der Waals surface area contributed by atoms with Crippen molar-refractivity contribution in [3.05, 3.63) is 24.3 Å². The molecule has 0 saturated heterocycles. The number of alkyl halides is 3. The van der Waals surface area contributed by atoms with E-state index in [0.29, 0.717) is 5.75 Å². The number of urea groups is 1. The molecule has 0 aliphatic heterocycles. The van der Waals surface area contributed by atoms with E-state index in [2.05, 4.69) is 20.7 Å². The maximum atomic E-state index is 12.1. The van der Waals surface area contributed by atoms with Crippen molar-refractivity contribution in [2.75, 3.05) is 23.9 Å². The Morgan fingerprint density at radius 2 is 1.96 bits per heavy atom. The first kappa shape index (κ1) is 21.4. The molecule has 1 unspecified atom stereocenters. The molecule has 3 N–H and O–H groups in total. The zero-order valence-corrected chi connectivity index (χ0v) is 14.5. The van der Waals surface area contributed by atoms with Crippen LogP contribution in [0.3, 0.4) is 0 Å². The van der Waals surface area contributed by atoms with Crippen molar-refractivity contribution in [1.29, 1.82) is 5.26 Å². The molecule has 7 nitrogen and oxygen atoms in total. The van der Waals surface area contributed by atoms with Gasteiger partial charge in [0.1, 0.15) is 11.8 Å². The van der Waals surface area contributed by atoms with Gasteiger partial charge in [0, 0.05) is 18.0 Å². The first-order valence-corrected chi connectivity index (χ1v) is 8.71. The van der Waals surface area contributed by atoms with Gasteiger partial charge in [-0.15, -0.1) is 13.2 Å². The smallest absolute Gasteiger partial charge is 0.406 e. The standard InChI is InChI=1S/C15H17F3N4O3S/c1-26-9-12(13(23)20-8-2-7-19)22-14(24)21-10-3-5-11(6-4-10)25-15(16,17)18/h3-6,12H,2,8-9H2,1H3,(H,20,23)(H2,21,22,24). The summed E-state index contributed by atoms with van der Waals surface area (Å²) in [6.45, 7) is 0.171. The topological polar surface area (TPSA) is 103 Å². The van der Waals surface area contributed by atoms with Crippen molar-refractivity contribution < 1.29 is 27.5 Å². The van der Waals surface area contributed by atoms with Crippen molar-refractivity contribution >= 4 is 29.4 Å². The van der Waals surface area contributed by atoms with Crippen LogP contribution in [0.1, 0.15) is 6.42 Å². The second-order valence-electron chi connectivity index (χ2n) is 4.88. The van der Waals surface area contributed by atoms with Gasteiger partial charge in [-0.25, -0.2) is 4.79 Å². The summed E-state index contributed by atoms with van der Waals surface area (Å²) in [6, 6.07) is 4.94. The van der Waals surface area contributed by atoms with Gasteiger partial charge in [0.25, 0.3) is 0 Å². The molecule has 0 fully saturated rings. The molecule has 3 amide bonds. The monoisotopic (exact) mass is 390 g/mol. The lowest BCUT2D eigenvalue weighted by Crippen LogP contribution is -2.49. The number of hydrogen-bond acceptors (Lipinski definition) is 5. The van der Waals surface area contributed by atoms with E-state index in [1.807, 2.05) is 6.07 Å². The van der Waals surface area contributed by atoms with E-state index in [0.717, 1.165) is 12.1 Å². The average Bonchev–Trinajstić information content (AvgIpc) is 2.55. The minimum absolute atomic E-state index is 0.149. The first-order chi connectivity index (χ1) is 12.2. The minimum atomic E-state index is -4.80. The Labute approximate surface area is 152 Å². The van der Waals surface area contributed by atoms with E-state index in [9.17, 15) is 22.8 Å². The third-order valence-corrected chi connectivity index (χ3v) is 3.50. The predicted molar refractivity (Wildman–Crippen MR) is 90.7 cm³/mol. The van der Waals surface area contributed by atoms with Gasteiger partial charge in [-0.05, 0) is 30.5 Å². The fourth-order valence-electron chi connectivity index (χ4n) is 1.78. The van der Waals surface area contributed by atoms with Crippen LogP contribution in [0.4, 0.5) is 23.7 Å². The minimum Gasteiger partial charge on any atom is -0.406 e. The molecule has 1 aromatic carbocycles. The second kappa shape index (κ2) is 10.4. The summed E-state index contributed by atoms with van der Waals surface area (Å²) in [7, 11) is 0. The summed E-state index contributed by atoms with van der Waals surface area (Å²) >= 11 is 1.34. The second-order valence-corrected chi connectivity index (χ2v) is 5.79. The van der Waals surface area contributed by atoms with Gasteiger partial charge in [0.05, 0.1) is 12.5 Å². The number of carbonyl (C=O) groups is 2. The lowest BCUT2D eigenvalue weighted by atomic mass is 10.3. The van der Waals surface area contributed by atoms with Gasteiger partial charge < -0.3 is 20.7 Å². The van der Waals surface area contributed by atoms with Crippen LogP contribution in [0.15, 0.2) is 24.3 Å². The average molecular weight is 390 g/mol. The van der Waals surface area contributed by atoms with Gasteiger partial charge in [-0.2, -0.15) is 17.0 Å². The molecule has 0 radical (unpaired) electrons. The third kappa shape index (κ3) is 8.48. The van der Waals surface area contributed by atoms with Crippen LogP contribution in [0, 0.1) is 11.3 Å². The van der Waals surface area contributed by atoms with E-state index in [1.165, 1.54) is 23.9 Å². The van der Waals surface area contributed by atoms with Crippen molar-refractivity contribution in [1.82, 2.24) is 10.6 Å². The van der Waals surface area contributed by atoms with Gasteiger partial charge in [0.2, 0.25) is 5.91 Å². The fraction of sp³-hybridized carbons (Fsp3) is 0.400. The molecule has 26 heavy (non-hydrogen) atoms. The quantitative estimate of drug-likeness (QED) is 0.592. The number of nitrogens with one attached hydrogen (secondary N) is 3. The number of benzene rings is 1. The summed E-state index contributed by atoms with van der Waals surface area (Å²) in [5, 5.41) is 15.9. The Bertz CT molecular complexity index is 647. The van der Waals surface area contributed by atoms with Gasteiger partial charge >= 0.3 is 12.4 Å². The highest BCUT2D eigenvalue weighted by Crippen LogP contribution is 2.23. The van der Waals surface area contributed by atoms with E-state index in [1.54, 1.807) is 6.26 Å². The number of nitriles is 1. The number of amides is 3. The maximum Gasteiger partial charge on any atom is 0.573 e. The molecule has 0 bridgehead atoms. The largest absolute Gasteiger partial charge is 0.573 e. The number of rotatable bonds is 8. The SMILES string of the molecule is CSCC(NC(=O)Nc1ccc(OC(F)(F)F)cc1)C(=O)NCCC#N. The van der Waals surface area contributed by atoms with Gasteiger partial charge in [-0.1, -0.05) is 0 Å². The Morgan fingerprint density at radius 3 is 2.50 bits per heavy atom. The highest BCUT2D eigenvalue weighted by atomic mass is 32.2. The van der Waals surface area contributed by atoms with Crippen molar-refractivity contribution in [2.24, 2.45) is 0 Å². The maximum absolute atomic E-state index is 12.1. The molecule has 0 aliphatic carbocycles. The molecular formula is C15H17F3N4O3S. The van der Waals surface area contributed by atoms with Crippen LogP contribution in [0.5, 0.6) is 5.75 Å². The van der Waals surface area contributed by atoms with Crippen LogP contribution in [-0.4, -0.2) is 42.9 Å². The number of thioether (sulfide) groups is 1. The van der Waals surface area contributed by atoms with Crippen LogP contribution < -0.4 is 20.7 Å². The summed E-state index contributed by atoms with van der Waals surface area (Å²) in [6.07, 6.45) is -2.89. The molecule has 0 aliphatic rings. The number of nitrogens with zero attached hydrogens (tertiary/aromatic N) is 1. The van der Waals surface area contributed by atoms with Crippen LogP contribution in [0.2, 0.25) is 0 Å². The summed E-state index contributed by atoms with van der Waals surface area (Å²) in [4.78, 5) is 23.9. The molecule has 142 valence electrons. The van der Waals surface area contributed by atoms with E-state index in [4.69, 9.17) is 5.26 Å². The molecule has 0 aromatic heterocycles. The summed E-state index contributed by atoms with van der Waals surface area (Å²) in [5.74, 6) is -0.538. The Morgan fingerprint density at radius 1 is 1.31 bits per heavy atom. The summed E-state index contributed by atoms with van der Waals surface area (Å²) < 4.78 is 40.0. The number of carbonyl (C=O) groups excluding carboxylic acids is 2. The number of hydrogen-bond donors (Lipinski definition) is 3. The van der Waals surface area contributed by atoms with E-state index < -0.39 is 30.1 Å². The highest BCUT2D eigenvalue weighted by molar-refractivity contribution is 7.98. The van der Waals surface area contributed by atoms with Gasteiger partial charge in [0.15, 0.2) is 0 Å². The molecule has 1 atom stereocenters. The van der Waals surface area contributed by atoms with Gasteiger partial charge in [-0.3, -0.25) is 4.79 Å². The molecular weight excluding hydrogens is 373 g/mol. The number of halogens is 3. The lowest BCUT2D eigenvalue weighted by Gasteiger charge is -2.17. The lowest BCUT2D eigenvalue weighted by molar-refractivity contribution is -0.274. The molecule has 11 heteroatoms. The molecule has 1 rings (SSSR count). The molecule has 0 spiro atoms. The summed E-state index contributed by atoms with van der Waals surface area (Å²) in [5.41, 5.74) is 0.227. The normalized spacial score (nSPS) is 11.8. The van der Waals surface area contributed by atoms with E-state index in [-0.39, 0.29) is 18.7 Å². The predicted octanol–water partition coefficient (Wildman–Crippen LogP) is 2.47. The van der Waals surface area contributed by atoms with Crippen LogP contribution in [-0.2, 0) is 4.79 Å². The number of ether oxygens (including phenoxy) is 1. The van der Waals surface area contributed by atoms with E-state index >= 15 is 0 Å². The fourth-order valence-corrected chi connectivity index (χ4v) is 2.35. The first-order valence-electron chi connectivity index (χ1n) is 7.32. The van der Waals surface area contributed by atoms with Crippen molar-refractivity contribution in [3.8, 4) is 11.8 Å². The Hall–Kier alpha value is -2.61. The number of anilines is 1. The molecule has 1 aromatic rings. The van der Waals surface area contributed by atoms with Crippen LogP contribution in [0.25, 0.3) is 0 Å².